The normalized spacial score (nSPS) is 49.4. The van der Waals surface area contributed by atoms with Crippen LogP contribution in [0, 0.1) is 52.3 Å². The average molecular weight is 389 g/mol. The molecular formula is C27H48O. The highest BCUT2D eigenvalue weighted by molar-refractivity contribution is 5.09. The number of hydrogen-bond acceptors (Lipinski definition) is 1. The van der Waals surface area contributed by atoms with Crippen molar-refractivity contribution in [3.63, 3.8) is 0 Å². The van der Waals surface area contributed by atoms with Gasteiger partial charge in [0.25, 0.3) is 0 Å². The lowest BCUT2D eigenvalue weighted by Crippen LogP contribution is -2.54. The summed E-state index contributed by atoms with van der Waals surface area (Å²) >= 11 is 0. The van der Waals surface area contributed by atoms with Gasteiger partial charge >= 0.3 is 0 Å². The molecule has 0 aliphatic heterocycles. The largest absolute Gasteiger partial charge is 0.393 e. The third kappa shape index (κ3) is 3.50. The van der Waals surface area contributed by atoms with Crippen molar-refractivity contribution in [1.82, 2.24) is 0 Å². The van der Waals surface area contributed by atoms with Crippen LogP contribution in [0.5, 0.6) is 0 Å². The van der Waals surface area contributed by atoms with Crippen molar-refractivity contribution in [2.75, 3.05) is 0 Å². The monoisotopic (exact) mass is 388 g/mol. The van der Waals surface area contributed by atoms with E-state index in [1.807, 2.05) is 0 Å². The molecule has 0 amide bonds. The Balaban J connectivity index is 1.47. The van der Waals surface area contributed by atoms with Crippen LogP contribution >= 0.6 is 0 Å². The first kappa shape index (κ1) is 21.2. The molecule has 1 nitrogen and oxygen atoms in total. The highest BCUT2D eigenvalue weighted by atomic mass is 16.3. The van der Waals surface area contributed by atoms with Crippen LogP contribution in [-0.2, 0) is 0 Å². The predicted molar refractivity (Wildman–Crippen MR) is 119 cm³/mol. The second-order valence-electron chi connectivity index (χ2n) is 12.6. The van der Waals surface area contributed by atoms with E-state index in [0.29, 0.717) is 10.8 Å². The SMILES string of the molecule is CC(C)CCC[C@@H](C)C1CCC2C3CC[C@H]4CCC(O)CC4(C)C3CCC21C. The molecule has 4 aliphatic rings. The summed E-state index contributed by atoms with van der Waals surface area (Å²) in [6, 6.07) is 0. The first-order valence-electron chi connectivity index (χ1n) is 12.9. The molecule has 1 N–H and O–H groups in total. The minimum atomic E-state index is -0.0226. The van der Waals surface area contributed by atoms with Gasteiger partial charge in [-0.05, 0) is 110 Å². The van der Waals surface area contributed by atoms with Crippen LogP contribution in [0.15, 0.2) is 0 Å². The maximum atomic E-state index is 10.5. The topological polar surface area (TPSA) is 20.2 Å². The molecule has 4 aliphatic carbocycles. The summed E-state index contributed by atoms with van der Waals surface area (Å²) < 4.78 is 0. The van der Waals surface area contributed by atoms with Gasteiger partial charge in [-0.2, -0.15) is 0 Å². The van der Waals surface area contributed by atoms with Gasteiger partial charge in [-0.3, -0.25) is 0 Å². The third-order valence-electron chi connectivity index (χ3n) is 10.8. The highest BCUT2D eigenvalue weighted by Gasteiger charge is 2.60. The van der Waals surface area contributed by atoms with Crippen molar-refractivity contribution in [1.29, 1.82) is 0 Å². The van der Waals surface area contributed by atoms with Gasteiger partial charge in [0.2, 0.25) is 0 Å². The van der Waals surface area contributed by atoms with Crippen LogP contribution < -0.4 is 0 Å². The zero-order valence-electron chi connectivity index (χ0n) is 19.6. The van der Waals surface area contributed by atoms with Crippen LogP contribution in [0.4, 0.5) is 0 Å². The predicted octanol–water partition coefficient (Wildman–Crippen LogP) is 7.47. The second kappa shape index (κ2) is 7.90. The lowest BCUT2D eigenvalue weighted by molar-refractivity contribution is -0.132. The molecule has 9 atom stereocenters. The van der Waals surface area contributed by atoms with Crippen molar-refractivity contribution < 1.29 is 5.11 Å². The smallest absolute Gasteiger partial charge is 0.0545 e. The average Bonchev–Trinajstić information content (AvgIpc) is 2.98. The maximum Gasteiger partial charge on any atom is 0.0545 e. The highest BCUT2D eigenvalue weighted by Crippen LogP contribution is 2.68. The molecule has 1 heteroatoms. The molecule has 7 unspecified atom stereocenters. The van der Waals surface area contributed by atoms with Gasteiger partial charge in [0, 0.05) is 0 Å². The molecule has 28 heavy (non-hydrogen) atoms. The van der Waals surface area contributed by atoms with E-state index in [9.17, 15) is 5.11 Å². The maximum absolute atomic E-state index is 10.5. The van der Waals surface area contributed by atoms with E-state index in [1.54, 1.807) is 0 Å². The molecule has 0 aromatic rings. The molecular weight excluding hydrogens is 340 g/mol. The molecule has 0 spiro atoms. The van der Waals surface area contributed by atoms with E-state index < -0.39 is 0 Å². The van der Waals surface area contributed by atoms with Crippen LogP contribution in [0.1, 0.15) is 112 Å². The zero-order chi connectivity index (χ0) is 20.1. The quantitative estimate of drug-likeness (QED) is 0.518. The van der Waals surface area contributed by atoms with Gasteiger partial charge < -0.3 is 5.11 Å². The summed E-state index contributed by atoms with van der Waals surface area (Å²) in [6.45, 7) is 12.6. The second-order valence-corrected chi connectivity index (χ2v) is 12.6. The standard InChI is InChI=1S/C27H48O/c1-18(2)7-6-8-19(3)23-13-14-24-22-12-10-20-9-11-21(28)17-27(20,5)25(22)15-16-26(23,24)4/h18-25,28H,6-17H2,1-5H3/t19-,20-,21?,22?,23?,24?,25?,26?,27?/m1/s1. The third-order valence-corrected chi connectivity index (χ3v) is 10.8. The van der Waals surface area contributed by atoms with Gasteiger partial charge in [-0.25, -0.2) is 0 Å². The Labute approximate surface area is 175 Å². The minimum absolute atomic E-state index is 0.0226. The summed E-state index contributed by atoms with van der Waals surface area (Å²) in [4.78, 5) is 0. The fraction of sp³-hybridized carbons (Fsp3) is 1.00. The summed E-state index contributed by atoms with van der Waals surface area (Å²) in [5.41, 5.74) is 1.04. The summed E-state index contributed by atoms with van der Waals surface area (Å²) in [6.07, 6.45) is 16.6. The number of aliphatic hydroxyl groups excluding tert-OH is 1. The van der Waals surface area contributed by atoms with Crippen LogP contribution in [0.3, 0.4) is 0 Å². The Hall–Kier alpha value is -0.0400. The van der Waals surface area contributed by atoms with E-state index in [1.165, 1.54) is 64.2 Å². The molecule has 4 rings (SSSR count). The molecule has 0 radical (unpaired) electrons. The molecule has 162 valence electrons. The number of rotatable bonds is 5. The van der Waals surface area contributed by atoms with E-state index >= 15 is 0 Å². The Morgan fingerprint density at radius 1 is 0.821 bits per heavy atom. The Morgan fingerprint density at radius 2 is 1.54 bits per heavy atom. The number of hydrogen-bond donors (Lipinski definition) is 1. The van der Waals surface area contributed by atoms with E-state index in [2.05, 4.69) is 34.6 Å². The first-order chi connectivity index (χ1) is 13.3. The summed E-state index contributed by atoms with van der Waals surface area (Å²) in [5, 5.41) is 10.5. The van der Waals surface area contributed by atoms with Crippen molar-refractivity contribution in [2.45, 2.75) is 118 Å². The summed E-state index contributed by atoms with van der Waals surface area (Å²) in [5.74, 6) is 6.46. The lowest BCUT2D eigenvalue weighted by atomic mass is 9.44. The van der Waals surface area contributed by atoms with Gasteiger partial charge in [-0.1, -0.05) is 53.9 Å². The van der Waals surface area contributed by atoms with E-state index in [-0.39, 0.29) is 6.10 Å². The van der Waals surface area contributed by atoms with Crippen molar-refractivity contribution in [3.05, 3.63) is 0 Å². The molecule has 0 bridgehead atoms. The fourth-order valence-corrected chi connectivity index (χ4v) is 9.35. The Kier molecular flexibility index (Phi) is 5.98. The molecule has 0 aromatic heterocycles. The van der Waals surface area contributed by atoms with Gasteiger partial charge in [-0.15, -0.1) is 0 Å². The van der Waals surface area contributed by atoms with Crippen LogP contribution in [-0.4, -0.2) is 11.2 Å². The molecule has 0 heterocycles. The van der Waals surface area contributed by atoms with Crippen molar-refractivity contribution in [3.8, 4) is 0 Å². The molecule has 4 saturated carbocycles. The number of fused-ring (bicyclic) bond motifs is 5. The van der Waals surface area contributed by atoms with E-state index in [0.717, 1.165) is 54.3 Å². The zero-order valence-corrected chi connectivity index (χ0v) is 19.6. The summed E-state index contributed by atoms with van der Waals surface area (Å²) in [7, 11) is 0. The molecule has 4 fully saturated rings. The van der Waals surface area contributed by atoms with Gasteiger partial charge in [0.05, 0.1) is 6.10 Å². The van der Waals surface area contributed by atoms with Gasteiger partial charge in [0.15, 0.2) is 0 Å². The van der Waals surface area contributed by atoms with Crippen LogP contribution in [0.2, 0.25) is 0 Å². The Morgan fingerprint density at radius 3 is 2.29 bits per heavy atom. The first-order valence-corrected chi connectivity index (χ1v) is 12.9. The van der Waals surface area contributed by atoms with E-state index in [4.69, 9.17) is 0 Å². The van der Waals surface area contributed by atoms with Crippen molar-refractivity contribution in [2.24, 2.45) is 52.3 Å². The van der Waals surface area contributed by atoms with Gasteiger partial charge in [0.1, 0.15) is 0 Å². The number of aliphatic hydroxyl groups is 1. The molecule has 0 aromatic carbocycles. The minimum Gasteiger partial charge on any atom is -0.393 e. The molecule has 0 saturated heterocycles. The van der Waals surface area contributed by atoms with Crippen molar-refractivity contribution >= 4 is 0 Å². The Bertz CT molecular complexity index is 540. The fourth-order valence-electron chi connectivity index (χ4n) is 9.35. The lowest BCUT2D eigenvalue weighted by Gasteiger charge is -2.61. The van der Waals surface area contributed by atoms with Crippen LogP contribution in [0.25, 0.3) is 0 Å².